The van der Waals surface area contributed by atoms with Gasteiger partial charge in [0.25, 0.3) is 5.91 Å². The average molecular weight is 263 g/mol. The monoisotopic (exact) mass is 263 g/mol. The lowest BCUT2D eigenvalue weighted by molar-refractivity contribution is 0.0950. The van der Waals surface area contributed by atoms with Gasteiger partial charge in [-0.1, -0.05) is 0 Å². The van der Waals surface area contributed by atoms with Gasteiger partial charge in [-0.25, -0.2) is 5.43 Å². The third kappa shape index (κ3) is 2.40. The van der Waals surface area contributed by atoms with Crippen LogP contribution in [0.5, 0.6) is 0 Å². The Hall–Kier alpha value is -2.15. The first-order valence-electron chi connectivity index (χ1n) is 5.29. The summed E-state index contributed by atoms with van der Waals surface area (Å²) in [6.07, 6.45) is 1.68. The first-order valence-corrected chi connectivity index (χ1v) is 6.07. The summed E-state index contributed by atoms with van der Waals surface area (Å²) in [4.78, 5) is 14.5. The molecule has 0 aliphatic rings. The van der Waals surface area contributed by atoms with Gasteiger partial charge in [0.2, 0.25) is 0 Å². The fraction of sp³-hybridized carbons (Fsp3) is 0.182. The van der Waals surface area contributed by atoms with Crippen molar-refractivity contribution in [2.75, 3.05) is 5.73 Å². The Kier molecular flexibility index (Phi) is 3.42. The number of amides is 1. The second-order valence-corrected chi connectivity index (χ2v) is 4.53. The molecule has 0 saturated carbocycles. The van der Waals surface area contributed by atoms with Gasteiger partial charge in [0, 0.05) is 6.20 Å². The van der Waals surface area contributed by atoms with E-state index in [-0.39, 0.29) is 5.91 Å². The van der Waals surface area contributed by atoms with Crippen LogP contribution in [0.15, 0.2) is 23.4 Å². The van der Waals surface area contributed by atoms with Crippen molar-refractivity contribution in [2.24, 2.45) is 5.10 Å². The summed E-state index contributed by atoms with van der Waals surface area (Å²) >= 11 is 1.22. The number of aromatic nitrogens is 2. The number of hydrogen-bond acceptors (Lipinski definition) is 5. The molecule has 0 aromatic carbocycles. The molecule has 0 radical (unpaired) electrons. The number of hydrazone groups is 1. The van der Waals surface area contributed by atoms with Crippen LogP contribution < -0.4 is 11.2 Å². The van der Waals surface area contributed by atoms with E-state index in [1.54, 1.807) is 25.3 Å². The number of carbonyl (C=O) groups is 1. The third-order valence-electron chi connectivity index (χ3n) is 2.42. The topological polar surface area (TPSA) is 96.2 Å². The number of hydrogen-bond donors (Lipinski definition) is 3. The maximum absolute atomic E-state index is 11.7. The van der Waals surface area contributed by atoms with E-state index in [2.05, 4.69) is 19.9 Å². The van der Waals surface area contributed by atoms with Crippen molar-refractivity contribution >= 4 is 28.2 Å². The van der Waals surface area contributed by atoms with Crippen LogP contribution in [0.25, 0.3) is 0 Å². The fourth-order valence-corrected chi connectivity index (χ4v) is 2.26. The number of aromatic amines is 1. The van der Waals surface area contributed by atoms with Gasteiger partial charge in [0.05, 0.1) is 17.0 Å². The summed E-state index contributed by atoms with van der Waals surface area (Å²) < 4.78 is 4.13. The van der Waals surface area contributed by atoms with Crippen LogP contribution in [0, 0.1) is 6.92 Å². The summed E-state index contributed by atoms with van der Waals surface area (Å²) in [5.74, 6) is -0.293. The van der Waals surface area contributed by atoms with Gasteiger partial charge in [0.15, 0.2) is 0 Å². The Bertz CT molecular complexity index is 565. The van der Waals surface area contributed by atoms with Gasteiger partial charge in [-0.3, -0.25) is 4.79 Å². The van der Waals surface area contributed by atoms with E-state index >= 15 is 0 Å². The summed E-state index contributed by atoms with van der Waals surface area (Å²) in [6.45, 7) is 3.64. The van der Waals surface area contributed by atoms with Crippen molar-refractivity contribution in [3.8, 4) is 0 Å². The number of rotatable bonds is 3. The maximum Gasteiger partial charge on any atom is 0.287 e. The number of anilines is 1. The molecule has 2 rings (SSSR count). The van der Waals surface area contributed by atoms with E-state index in [9.17, 15) is 4.79 Å². The highest BCUT2D eigenvalue weighted by Gasteiger charge is 2.11. The highest BCUT2D eigenvalue weighted by atomic mass is 32.1. The lowest BCUT2D eigenvalue weighted by Gasteiger charge is -2.01. The van der Waals surface area contributed by atoms with E-state index in [1.165, 1.54) is 11.5 Å². The molecule has 2 aromatic heterocycles. The molecule has 2 aromatic rings. The molecule has 94 valence electrons. The van der Waals surface area contributed by atoms with Crippen LogP contribution in [-0.4, -0.2) is 21.0 Å². The molecule has 18 heavy (non-hydrogen) atoms. The number of aryl methyl sites for hydroxylation is 1. The number of nitrogens with one attached hydrogen (secondary N) is 2. The lowest BCUT2D eigenvalue weighted by atomic mass is 10.2. The normalized spacial score (nSPS) is 11.6. The number of nitrogens with two attached hydrogens (primary N) is 1. The third-order valence-corrected chi connectivity index (χ3v) is 3.18. The van der Waals surface area contributed by atoms with E-state index in [4.69, 9.17) is 5.73 Å². The molecule has 0 bridgehead atoms. The van der Waals surface area contributed by atoms with Gasteiger partial charge in [0.1, 0.15) is 10.7 Å². The number of H-pyrrole nitrogens is 1. The Balaban J connectivity index is 2.13. The van der Waals surface area contributed by atoms with E-state index in [1.807, 2.05) is 6.92 Å². The van der Waals surface area contributed by atoms with Crippen LogP contribution in [0.4, 0.5) is 5.00 Å². The number of nitrogen functional groups attached to an aromatic ring is 1. The molecule has 0 atom stereocenters. The summed E-state index contributed by atoms with van der Waals surface area (Å²) in [5, 5.41) is 4.63. The molecular formula is C11H13N5OS. The van der Waals surface area contributed by atoms with Gasteiger partial charge < -0.3 is 10.7 Å². The second kappa shape index (κ2) is 5.01. The standard InChI is InChI=1S/C11H13N5OS/c1-6(9-7(2)16-18-10(9)12)14-15-11(17)8-4-3-5-13-8/h3-5,13H,12H2,1-2H3,(H,15,17)/b14-6-. The minimum absolute atomic E-state index is 0.293. The first-order chi connectivity index (χ1) is 8.59. The van der Waals surface area contributed by atoms with Crippen LogP contribution in [0.2, 0.25) is 0 Å². The molecule has 0 aliphatic carbocycles. The molecule has 6 nitrogen and oxygen atoms in total. The van der Waals surface area contributed by atoms with Crippen molar-refractivity contribution in [1.29, 1.82) is 0 Å². The molecule has 7 heteroatoms. The van der Waals surface area contributed by atoms with Gasteiger partial charge in [-0.05, 0) is 37.5 Å². The summed E-state index contributed by atoms with van der Waals surface area (Å²) in [5.41, 5.74) is 11.0. The smallest absolute Gasteiger partial charge is 0.287 e. The summed E-state index contributed by atoms with van der Waals surface area (Å²) in [6, 6.07) is 3.42. The zero-order valence-electron chi connectivity index (χ0n) is 10.0. The highest BCUT2D eigenvalue weighted by molar-refractivity contribution is 7.10. The maximum atomic E-state index is 11.7. The molecule has 1 amide bonds. The number of carbonyl (C=O) groups excluding carboxylic acids is 1. The van der Waals surface area contributed by atoms with Crippen molar-refractivity contribution in [1.82, 2.24) is 14.8 Å². The fourth-order valence-electron chi connectivity index (χ4n) is 1.55. The van der Waals surface area contributed by atoms with Crippen molar-refractivity contribution in [3.63, 3.8) is 0 Å². The predicted octanol–water partition coefficient (Wildman–Crippen LogP) is 1.52. The second-order valence-electron chi connectivity index (χ2n) is 3.73. The van der Waals surface area contributed by atoms with Crippen LogP contribution in [0.3, 0.4) is 0 Å². The molecule has 2 heterocycles. The predicted molar refractivity (Wildman–Crippen MR) is 71.7 cm³/mol. The Morgan fingerprint density at radius 1 is 1.61 bits per heavy atom. The first kappa shape index (κ1) is 12.3. The van der Waals surface area contributed by atoms with Crippen molar-refractivity contribution < 1.29 is 4.79 Å². The largest absolute Gasteiger partial charge is 0.389 e. The molecule has 0 spiro atoms. The van der Waals surface area contributed by atoms with Crippen molar-refractivity contribution in [2.45, 2.75) is 13.8 Å². The SMILES string of the molecule is C/C(=N/NC(=O)c1ccc[nH]1)c1c(C)nsc1N. The molecule has 0 unspecified atom stereocenters. The van der Waals surface area contributed by atoms with Gasteiger partial charge in [-0.15, -0.1) is 0 Å². The molecule has 4 N–H and O–H groups in total. The van der Waals surface area contributed by atoms with E-state index < -0.39 is 0 Å². The quantitative estimate of drug-likeness (QED) is 0.578. The van der Waals surface area contributed by atoms with Crippen LogP contribution >= 0.6 is 11.5 Å². The summed E-state index contributed by atoms with van der Waals surface area (Å²) in [7, 11) is 0. The highest BCUT2D eigenvalue weighted by Crippen LogP contribution is 2.21. The van der Waals surface area contributed by atoms with Gasteiger partial charge in [-0.2, -0.15) is 9.47 Å². The Morgan fingerprint density at radius 2 is 2.39 bits per heavy atom. The van der Waals surface area contributed by atoms with E-state index in [0.29, 0.717) is 16.4 Å². The molecule has 0 aliphatic heterocycles. The lowest BCUT2D eigenvalue weighted by Crippen LogP contribution is -2.19. The molecule has 0 fully saturated rings. The minimum Gasteiger partial charge on any atom is -0.389 e. The zero-order valence-corrected chi connectivity index (χ0v) is 10.8. The van der Waals surface area contributed by atoms with Crippen LogP contribution in [-0.2, 0) is 0 Å². The van der Waals surface area contributed by atoms with Crippen molar-refractivity contribution in [3.05, 3.63) is 35.3 Å². The molecular weight excluding hydrogens is 250 g/mol. The Labute approximate surface area is 108 Å². The van der Waals surface area contributed by atoms with E-state index in [0.717, 1.165) is 11.3 Å². The van der Waals surface area contributed by atoms with Gasteiger partial charge >= 0.3 is 0 Å². The Morgan fingerprint density at radius 3 is 2.94 bits per heavy atom. The van der Waals surface area contributed by atoms with Crippen LogP contribution in [0.1, 0.15) is 28.7 Å². The zero-order chi connectivity index (χ0) is 13.1. The number of nitrogens with zero attached hydrogens (tertiary/aromatic N) is 2. The minimum atomic E-state index is -0.293. The average Bonchev–Trinajstić information content (AvgIpc) is 2.96. The molecule has 0 saturated heterocycles.